The minimum atomic E-state index is 0.810. The summed E-state index contributed by atoms with van der Waals surface area (Å²) in [6, 6.07) is 8.93. The molecule has 1 aromatic carbocycles. The molecule has 0 amide bonds. The van der Waals surface area contributed by atoms with Gasteiger partial charge in [0.15, 0.2) is 0 Å². The van der Waals surface area contributed by atoms with Crippen molar-refractivity contribution < 1.29 is 0 Å². The van der Waals surface area contributed by atoms with Gasteiger partial charge in [-0.25, -0.2) is 0 Å². The second kappa shape index (κ2) is 4.28. The molecule has 1 heteroatoms. The third-order valence-corrected chi connectivity index (χ3v) is 3.41. The SMILES string of the molecule is BrCCC1CCCc2ccccc21. The highest BCUT2D eigenvalue weighted by molar-refractivity contribution is 9.09. The molecule has 0 saturated carbocycles. The zero-order valence-electron chi connectivity index (χ0n) is 7.80. The second-order valence-corrected chi connectivity index (χ2v) is 4.56. The third-order valence-electron chi connectivity index (χ3n) is 2.95. The van der Waals surface area contributed by atoms with E-state index in [9.17, 15) is 0 Å². The summed E-state index contributed by atoms with van der Waals surface area (Å²) in [5, 5.41) is 1.13. The van der Waals surface area contributed by atoms with E-state index in [4.69, 9.17) is 0 Å². The summed E-state index contributed by atoms with van der Waals surface area (Å²) in [5.74, 6) is 0.810. The van der Waals surface area contributed by atoms with Crippen LogP contribution in [0.25, 0.3) is 0 Å². The molecule has 13 heavy (non-hydrogen) atoms. The fourth-order valence-corrected chi connectivity index (χ4v) is 2.84. The van der Waals surface area contributed by atoms with Crippen LogP contribution in [0.2, 0.25) is 0 Å². The van der Waals surface area contributed by atoms with Crippen LogP contribution in [0.15, 0.2) is 24.3 Å². The molecule has 1 unspecified atom stereocenters. The molecule has 0 spiro atoms. The van der Waals surface area contributed by atoms with Crippen LogP contribution in [-0.2, 0) is 6.42 Å². The van der Waals surface area contributed by atoms with Crippen LogP contribution in [-0.4, -0.2) is 5.33 Å². The first kappa shape index (κ1) is 9.26. The van der Waals surface area contributed by atoms with E-state index in [0.717, 1.165) is 11.2 Å². The van der Waals surface area contributed by atoms with E-state index in [2.05, 4.69) is 40.2 Å². The summed E-state index contributed by atoms with van der Waals surface area (Å²) >= 11 is 3.54. The second-order valence-electron chi connectivity index (χ2n) is 3.77. The van der Waals surface area contributed by atoms with Crippen LogP contribution in [0.3, 0.4) is 0 Å². The molecule has 0 aliphatic heterocycles. The van der Waals surface area contributed by atoms with E-state index < -0.39 is 0 Å². The Labute approximate surface area is 88.5 Å². The van der Waals surface area contributed by atoms with Gasteiger partial charge in [0.25, 0.3) is 0 Å². The number of alkyl halides is 1. The van der Waals surface area contributed by atoms with E-state index in [1.165, 1.54) is 25.7 Å². The molecule has 0 radical (unpaired) electrons. The number of halogens is 1. The Kier molecular flexibility index (Phi) is 3.05. The van der Waals surface area contributed by atoms with Gasteiger partial charge in [-0.3, -0.25) is 0 Å². The van der Waals surface area contributed by atoms with Gasteiger partial charge in [0.1, 0.15) is 0 Å². The van der Waals surface area contributed by atoms with Gasteiger partial charge in [0.05, 0.1) is 0 Å². The minimum Gasteiger partial charge on any atom is -0.0928 e. The van der Waals surface area contributed by atoms with E-state index in [1.807, 2.05) is 0 Å². The normalized spacial score (nSPS) is 21.2. The average molecular weight is 239 g/mol. The Balaban J connectivity index is 2.26. The van der Waals surface area contributed by atoms with Gasteiger partial charge in [-0.1, -0.05) is 40.2 Å². The van der Waals surface area contributed by atoms with Crippen molar-refractivity contribution in [3.05, 3.63) is 35.4 Å². The lowest BCUT2D eigenvalue weighted by molar-refractivity contribution is 0.544. The maximum Gasteiger partial charge on any atom is 0.00371 e. The van der Waals surface area contributed by atoms with Crippen LogP contribution in [0.4, 0.5) is 0 Å². The van der Waals surface area contributed by atoms with Gasteiger partial charge >= 0.3 is 0 Å². The summed E-state index contributed by atoms with van der Waals surface area (Å²) in [5.41, 5.74) is 3.19. The van der Waals surface area contributed by atoms with Crippen LogP contribution >= 0.6 is 15.9 Å². The predicted octanol–water partition coefficient (Wildman–Crippen LogP) is 3.89. The lowest BCUT2D eigenvalue weighted by Gasteiger charge is -2.24. The van der Waals surface area contributed by atoms with Crippen molar-refractivity contribution in [2.75, 3.05) is 5.33 Å². The minimum absolute atomic E-state index is 0.810. The zero-order chi connectivity index (χ0) is 9.10. The maximum atomic E-state index is 3.54. The number of aryl methyl sites for hydroxylation is 1. The van der Waals surface area contributed by atoms with Crippen LogP contribution in [0, 0.1) is 0 Å². The van der Waals surface area contributed by atoms with Crippen molar-refractivity contribution >= 4 is 15.9 Å². The molecule has 0 aromatic heterocycles. The molecule has 0 N–H and O–H groups in total. The highest BCUT2D eigenvalue weighted by Gasteiger charge is 2.18. The molecule has 1 atom stereocenters. The smallest absolute Gasteiger partial charge is 0.00371 e. The van der Waals surface area contributed by atoms with Gasteiger partial charge in [-0.15, -0.1) is 0 Å². The number of hydrogen-bond donors (Lipinski definition) is 0. The summed E-state index contributed by atoms with van der Waals surface area (Å²) in [6.07, 6.45) is 5.32. The fraction of sp³-hybridized carbons (Fsp3) is 0.500. The Hall–Kier alpha value is -0.300. The molecule has 0 nitrogen and oxygen atoms in total. The Morgan fingerprint density at radius 2 is 2.15 bits per heavy atom. The Morgan fingerprint density at radius 3 is 3.00 bits per heavy atom. The molecule has 0 heterocycles. The zero-order valence-corrected chi connectivity index (χ0v) is 9.39. The van der Waals surface area contributed by atoms with Crippen LogP contribution in [0.1, 0.15) is 36.3 Å². The molecule has 1 aromatic rings. The summed E-state index contributed by atoms with van der Waals surface area (Å²) in [7, 11) is 0. The quantitative estimate of drug-likeness (QED) is 0.687. The van der Waals surface area contributed by atoms with Crippen LogP contribution < -0.4 is 0 Å². The monoisotopic (exact) mass is 238 g/mol. The van der Waals surface area contributed by atoms with Crippen molar-refractivity contribution in [3.8, 4) is 0 Å². The first-order valence-corrected chi connectivity index (χ1v) is 6.17. The van der Waals surface area contributed by atoms with Crippen molar-refractivity contribution in [2.24, 2.45) is 0 Å². The summed E-state index contributed by atoms with van der Waals surface area (Å²) in [4.78, 5) is 0. The highest BCUT2D eigenvalue weighted by Crippen LogP contribution is 2.33. The Bertz CT molecular complexity index is 280. The summed E-state index contributed by atoms with van der Waals surface area (Å²) < 4.78 is 0. The van der Waals surface area contributed by atoms with E-state index in [0.29, 0.717) is 0 Å². The van der Waals surface area contributed by atoms with Crippen molar-refractivity contribution in [1.29, 1.82) is 0 Å². The van der Waals surface area contributed by atoms with E-state index >= 15 is 0 Å². The molecule has 2 rings (SSSR count). The first-order chi connectivity index (χ1) is 6.42. The molecule has 0 fully saturated rings. The van der Waals surface area contributed by atoms with E-state index in [-0.39, 0.29) is 0 Å². The predicted molar refractivity (Wildman–Crippen MR) is 60.5 cm³/mol. The lowest BCUT2D eigenvalue weighted by atomic mass is 9.81. The first-order valence-electron chi connectivity index (χ1n) is 5.05. The van der Waals surface area contributed by atoms with Gasteiger partial charge in [0.2, 0.25) is 0 Å². The van der Waals surface area contributed by atoms with E-state index in [1.54, 1.807) is 11.1 Å². The molecule has 1 aliphatic rings. The van der Waals surface area contributed by atoms with Gasteiger partial charge < -0.3 is 0 Å². The molecular formula is C12H15Br. The lowest BCUT2D eigenvalue weighted by Crippen LogP contribution is -2.09. The molecular weight excluding hydrogens is 224 g/mol. The van der Waals surface area contributed by atoms with Crippen LogP contribution in [0.5, 0.6) is 0 Å². The number of hydrogen-bond acceptors (Lipinski definition) is 0. The molecule has 1 aliphatic carbocycles. The molecule has 70 valence electrons. The van der Waals surface area contributed by atoms with Crippen molar-refractivity contribution in [3.63, 3.8) is 0 Å². The third kappa shape index (κ3) is 1.96. The summed E-state index contributed by atoms with van der Waals surface area (Å²) in [6.45, 7) is 0. The molecule has 0 bridgehead atoms. The highest BCUT2D eigenvalue weighted by atomic mass is 79.9. The number of benzene rings is 1. The topological polar surface area (TPSA) is 0 Å². The number of rotatable bonds is 2. The maximum absolute atomic E-state index is 3.54. The van der Waals surface area contributed by atoms with Gasteiger partial charge in [-0.2, -0.15) is 0 Å². The van der Waals surface area contributed by atoms with Crippen molar-refractivity contribution in [2.45, 2.75) is 31.6 Å². The number of fused-ring (bicyclic) bond motifs is 1. The average Bonchev–Trinajstić information content (AvgIpc) is 2.19. The van der Waals surface area contributed by atoms with Gasteiger partial charge in [0, 0.05) is 5.33 Å². The standard InChI is InChI=1S/C12H15Br/c13-9-8-11-6-3-5-10-4-1-2-7-12(10)11/h1-2,4,7,11H,3,5-6,8-9H2. The van der Waals surface area contributed by atoms with Crippen molar-refractivity contribution in [1.82, 2.24) is 0 Å². The van der Waals surface area contributed by atoms with Gasteiger partial charge in [-0.05, 0) is 42.7 Å². The molecule has 0 saturated heterocycles. The Morgan fingerprint density at radius 1 is 1.31 bits per heavy atom. The fourth-order valence-electron chi connectivity index (χ4n) is 2.29. The largest absolute Gasteiger partial charge is 0.0928 e.